The van der Waals surface area contributed by atoms with E-state index < -0.39 is 10.2 Å². The molecule has 8 nitrogen and oxygen atoms in total. The Morgan fingerprint density at radius 3 is 2.33 bits per heavy atom. The molecule has 0 amide bonds. The van der Waals surface area contributed by atoms with Crippen molar-refractivity contribution in [3.8, 4) is 0 Å². The molecule has 0 N–H and O–H groups in total. The van der Waals surface area contributed by atoms with Crippen LogP contribution in [0, 0.1) is 0 Å². The average molecular weight is 399 g/mol. The normalized spacial score (nSPS) is 25.0. The molecule has 0 unspecified atom stereocenters. The highest BCUT2D eigenvalue weighted by molar-refractivity contribution is 7.86. The molecule has 0 atom stereocenters. The third-order valence-corrected chi connectivity index (χ3v) is 7.97. The molecule has 0 bridgehead atoms. The maximum atomic E-state index is 12.7. The molecule has 0 aromatic carbocycles. The summed E-state index contributed by atoms with van der Waals surface area (Å²) in [5, 5.41) is 4.29. The van der Waals surface area contributed by atoms with Gasteiger partial charge in [0.1, 0.15) is 0 Å². The van der Waals surface area contributed by atoms with Gasteiger partial charge in [0, 0.05) is 51.3 Å². The monoisotopic (exact) mass is 398 g/mol. The molecule has 2 saturated heterocycles. The van der Waals surface area contributed by atoms with Crippen LogP contribution in [-0.4, -0.2) is 79.6 Å². The van der Waals surface area contributed by atoms with E-state index in [4.69, 9.17) is 9.26 Å². The molecule has 3 fully saturated rings. The van der Waals surface area contributed by atoms with Crippen molar-refractivity contribution in [3.05, 3.63) is 17.5 Å². The summed E-state index contributed by atoms with van der Waals surface area (Å²) < 4.78 is 39.4. The van der Waals surface area contributed by atoms with E-state index in [1.165, 1.54) is 32.1 Å². The van der Waals surface area contributed by atoms with Gasteiger partial charge in [0.25, 0.3) is 10.2 Å². The highest BCUT2D eigenvalue weighted by Gasteiger charge is 2.33. The molecule has 3 aliphatic rings. The molecule has 1 aliphatic carbocycles. The maximum absolute atomic E-state index is 12.7. The molecule has 1 saturated carbocycles. The molecular weight excluding hydrogens is 368 g/mol. The van der Waals surface area contributed by atoms with Crippen LogP contribution in [0.2, 0.25) is 0 Å². The zero-order chi connectivity index (χ0) is 18.7. The van der Waals surface area contributed by atoms with Crippen LogP contribution in [0.15, 0.2) is 10.6 Å². The van der Waals surface area contributed by atoms with Gasteiger partial charge in [-0.1, -0.05) is 24.4 Å². The number of morpholine rings is 1. The van der Waals surface area contributed by atoms with Crippen LogP contribution < -0.4 is 0 Å². The first kappa shape index (κ1) is 19.3. The number of nitrogens with zero attached hydrogens (tertiary/aromatic N) is 4. The Bertz CT molecular complexity index is 703. The number of piperazine rings is 1. The van der Waals surface area contributed by atoms with E-state index in [1.807, 2.05) is 0 Å². The number of aromatic nitrogens is 1. The Kier molecular flexibility index (Phi) is 6.13. The number of hydrogen-bond donors (Lipinski definition) is 0. The minimum absolute atomic E-state index is 0.449. The highest BCUT2D eigenvalue weighted by atomic mass is 32.2. The second kappa shape index (κ2) is 8.57. The third kappa shape index (κ3) is 4.54. The van der Waals surface area contributed by atoms with Crippen LogP contribution >= 0.6 is 0 Å². The number of ether oxygens (including phenoxy) is 1. The van der Waals surface area contributed by atoms with Crippen LogP contribution in [0.3, 0.4) is 0 Å². The van der Waals surface area contributed by atoms with E-state index in [9.17, 15) is 8.42 Å². The topological polar surface area (TPSA) is 79.1 Å². The van der Waals surface area contributed by atoms with Gasteiger partial charge < -0.3 is 9.26 Å². The predicted molar refractivity (Wildman–Crippen MR) is 100 cm³/mol. The fraction of sp³-hybridized carbons (Fsp3) is 0.833. The summed E-state index contributed by atoms with van der Waals surface area (Å²) in [6.45, 7) is 5.01. The standard InChI is InChI=1S/C18H30N4O4S/c23-27(24,22-10-12-25-13-11-22)21-8-6-20(7-9-21)15-17-14-18(19-26-17)16-4-2-1-3-5-16/h14,16H,1-13,15H2. The van der Waals surface area contributed by atoms with Crippen molar-refractivity contribution < 1.29 is 17.7 Å². The largest absolute Gasteiger partial charge is 0.379 e. The third-order valence-electron chi connectivity index (χ3n) is 5.93. The van der Waals surface area contributed by atoms with E-state index in [2.05, 4.69) is 16.1 Å². The SMILES string of the molecule is O=S(=O)(N1CCOCC1)N1CCN(Cc2cc(C3CCCCC3)no2)CC1. The zero-order valence-electron chi connectivity index (χ0n) is 15.9. The minimum Gasteiger partial charge on any atom is -0.379 e. The van der Waals surface area contributed by atoms with E-state index in [1.54, 1.807) is 8.61 Å². The van der Waals surface area contributed by atoms with Gasteiger partial charge in [-0.05, 0) is 12.8 Å². The molecular formula is C18H30N4O4S. The Balaban J connectivity index is 1.29. The van der Waals surface area contributed by atoms with Gasteiger partial charge >= 0.3 is 0 Å². The molecule has 27 heavy (non-hydrogen) atoms. The summed E-state index contributed by atoms with van der Waals surface area (Å²) >= 11 is 0. The van der Waals surface area contributed by atoms with Crippen LogP contribution in [0.1, 0.15) is 49.5 Å². The fourth-order valence-electron chi connectivity index (χ4n) is 4.27. The van der Waals surface area contributed by atoms with Crippen molar-refractivity contribution >= 4 is 10.2 Å². The van der Waals surface area contributed by atoms with Gasteiger partial charge in [-0.3, -0.25) is 4.90 Å². The smallest absolute Gasteiger partial charge is 0.282 e. The van der Waals surface area contributed by atoms with Crippen molar-refractivity contribution in [1.29, 1.82) is 0 Å². The molecule has 2 aliphatic heterocycles. The second-order valence-corrected chi connectivity index (χ2v) is 9.68. The Labute approximate surface area is 161 Å². The highest BCUT2D eigenvalue weighted by Crippen LogP contribution is 2.32. The lowest BCUT2D eigenvalue weighted by Gasteiger charge is -2.37. The van der Waals surface area contributed by atoms with Gasteiger partial charge in [-0.2, -0.15) is 17.0 Å². The molecule has 1 aromatic heterocycles. The Hall–Kier alpha value is -1.00. The lowest BCUT2D eigenvalue weighted by Crippen LogP contribution is -2.54. The molecule has 0 spiro atoms. The molecule has 9 heteroatoms. The van der Waals surface area contributed by atoms with Gasteiger partial charge in [-0.15, -0.1) is 0 Å². The van der Waals surface area contributed by atoms with Crippen LogP contribution in [0.25, 0.3) is 0 Å². The van der Waals surface area contributed by atoms with E-state index in [0.29, 0.717) is 64.9 Å². The first-order valence-electron chi connectivity index (χ1n) is 10.1. The second-order valence-electron chi connectivity index (χ2n) is 7.75. The van der Waals surface area contributed by atoms with Crippen molar-refractivity contribution in [1.82, 2.24) is 18.7 Å². The van der Waals surface area contributed by atoms with Crippen molar-refractivity contribution in [2.45, 2.75) is 44.6 Å². The molecule has 1 aromatic rings. The number of hydrogen-bond acceptors (Lipinski definition) is 6. The van der Waals surface area contributed by atoms with E-state index >= 15 is 0 Å². The molecule has 152 valence electrons. The number of rotatable bonds is 5. The van der Waals surface area contributed by atoms with E-state index in [0.717, 1.165) is 11.5 Å². The van der Waals surface area contributed by atoms with Crippen molar-refractivity contribution in [3.63, 3.8) is 0 Å². The summed E-state index contributed by atoms with van der Waals surface area (Å²) in [4.78, 5) is 2.25. The average Bonchev–Trinajstić information content (AvgIpc) is 3.18. The Morgan fingerprint density at radius 2 is 1.63 bits per heavy atom. The lowest BCUT2D eigenvalue weighted by atomic mass is 9.87. The predicted octanol–water partition coefficient (Wildman–Crippen LogP) is 1.42. The summed E-state index contributed by atoms with van der Waals surface area (Å²) in [6, 6.07) is 2.10. The van der Waals surface area contributed by atoms with Crippen molar-refractivity contribution in [2.24, 2.45) is 0 Å². The maximum Gasteiger partial charge on any atom is 0.282 e. The molecule has 4 rings (SSSR count). The van der Waals surface area contributed by atoms with Gasteiger partial charge in [0.2, 0.25) is 0 Å². The van der Waals surface area contributed by atoms with Gasteiger partial charge in [0.05, 0.1) is 25.5 Å². The van der Waals surface area contributed by atoms with Crippen LogP contribution in [0.4, 0.5) is 0 Å². The minimum atomic E-state index is -3.37. The summed E-state index contributed by atoms with van der Waals surface area (Å²) in [6.07, 6.45) is 6.33. The first-order valence-corrected chi connectivity index (χ1v) is 11.5. The Morgan fingerprint density at radius 1 is 0.963 bits per heavy atom. The van der Waals surface area contributed by atoms with Crippen LogP contribution in [-0.2, 0) is 21.5 Å². The lowest BCUT2D eigenvalue weighted by molar-refractivity contribution is 0.0682. The quantitative estimate of drug-likeness (QED) is 0.746. The van der Waals surface area contributed by atoms with Gasteiger partial charge in [-0.25, -0.2) is 0 Å². The molecule has 3 heterocycles. The summed E-state index contributed by atoms with van der Waals surface area (Å²) in [7, 11) is -3.37. The summed E-state index contributed by atoms with van der Waals surface area (Å²) in [5.41, 5.74) is 1.10. The van der Waals surface area contributed by atoms with E-state index in [-0.39, 0.29) is 0 Å². The zero-order valence-corrected chi connectivity index (χ0v) is 16.7. The molecule has 0 radical (unpaired) electrons. The van der Waals surface area contributed by atoms with Crippen molar-refractivity contribution in [2.75, 3.05) is 52.5 Å². The summed E-state index contributed by atoms with van der Waals surface area (Å²) in [5.74, 6) is 1.44. The van der Waals surface area contributed by atoms with Gasteiger partial charge in [0.15, 0.2) is 5.76 Å². The fourth-order valence-corrected chi connectivity index (χ4v) is 5.84. The van der Waals surface area contributed by atoms with Crippen LogP contribution in [0.5, 0.6) is 0 Å². The first-order chi connectivity index (χ1) is 13.1.